The van der Waals surface area contributed by atoms with Crippen molar-refractivity contribution in [3.05, 3.63) is 51.9 Å². The van der Waals surface area contributed by atoms with Crippen molar-refractivity contribution < 1.29 is 4.79 Å². The van der Waals surface area contributed by atoms with Gasteiger partial charge >= 0.3 is 0 Å². The summed E-state index contributed by atoms with van der Waals surface area (Å²) in [6, 6.07) is 7.60. The van der Waals surface area contributed by atoms with Crippen molar-refractivity contribution in [2.45, 2.75) is 6.92 Å². The van der Waals surface area contributed by atoms with Gasteiger partial charge in [0.05, 0.1) is 22.0 Å². The number of para-hydroxylation sites is 1. The molecule has 0 bridgehead atoms. The number of rotatable bonds is 4. The van der Waals surface area contributed by atoms with E-state index >= 15 is 0 Å². The van der Waals surface area contributed by atoms with Gasteiger partial charge < -0.3 is 15.2 Å². The Bertz CT molecular complexity index is 976. The van der Waals surface area contributed by atoms with E-state index in [1.807, 2.05) is 44.1 Å². The molecule has 0 aliphatic carbocycles. The average molecular weight is 324 g/mol. The van der Waals surface area contributed by atoms with Crippen LogP contribution < -0.4 is 10.9 Å². The number of nitrogens with one attached hydrogen (secondary N) is 2. The number of hydrogen-bond donors (Lipinski definition) is 2. The summed E-state index contributed by atoms with van der Waals surface area (Å²) in [6.07, 6.45) is 1.44. The molecule has 0 radical (unpaired) electrons. The van der Waals surface area contributed by atoms with Crippen molar-refractivity contribution in [1.82, 2.24) is 20.2 Å². The highest BCUT2D eigenvalue weighted by atomic mass is 16.1. The Morgan fingerprint density at radius 2 is 2.08 bits per heavy atom. The highest BCUT2D eigenvalue weighted by molar-refractivity contribution is 6.07. The minimum absolute atomic E-state index is 0.237. The van der Waals surface area contributed by atoms with E-state index in [9.17, 15) is 9.59 Å². The standard InChI is InChI=1S/C18H20N4O2/c1-11-5-4-6-12-9-13-16(21-15(11)12)14(10-20-17(13)23)18(24)19-7-8-22(2)3/h4-6,9-10H,7-8H2,1-3H3,(H,19,24)(H,20,23). The largest absolute Gasteiger partial charge is 0.351 e. The zero-order valence-corrected chi connectivity index (χ0v) is 14.0. The lowest BCUT2D eigenvalue weighted by Crippen LogP contribution is -2.32. The SMILES string of the molecule is Cc1cccc2cc3c(=O)[nH]cc(C(=O)NCCN(C)C)c3nc12. The van der Waals surface area contributed by atoms with E-state index in [1.165, 1.54) is 6.20 Å². The van der Waals surface area contributed by atoms with Crippen molar-refractivity contribution in [1.29, 1.82) is 0 Å². The number of aromatic nitrogens is 2. The van der Waals surface area contributed by atoms with Gasteiger partial charge in [0, 0.05) is 24.7 Å². The van der Waals surface area contributed by atoms with Crippen LogP contribution in [0, 0.1) is 6.92 Å². The molecule has 0 atom stereocenters. The van der Waals surface area contributed by atoms with E-state index in [1.54, 1.807) is 6.07 Å². The number of aryl methyl sites for hydroxylation is 1. The number of likely N-dealkylation sites (N-methyl/N-ethyl adjacent to an activating group) is 1. The molecule has 1 aromatic carbocycles. The summed E-state index contributed by atoms with van der Waals surface area (Å²) in [4.78, 5) is 33.9. The first-order valence-corrected chi connectivity index (χ1v) is 7.82. The molecule has 0 saturated carbocycles. The fourth-order valence-electron chi connectivity index (χ4n) is 2.67. The molecule has 2 N–H and O–H groups in total. The number of pyridine rings is 2. The first kappa shape index (κ1) is 16.1. The Labute approximate surface area is 139 Å². The highest BCUT2D eigenvalue weighted by Gasteiger charge is 2.15. The van der Waals surface area contributed by atoms with Crippen LogP contribution in [0.25, 0.3) is 21.8 Å². The summed E-state index contributed by atoms with van der Waals surface area (Å²) in [6.45, 7) is 3.23. The molecular formula is C18H20N4O2. The van der Waals surface area contributed by atoms with E-state index in [0.717, 1.165) is 23.0 Å². The first-order valence-electron chi connectivity index (χ1n) is 7.82. The van der Waals surface area contributed by atoms with Crippen molar-refractivity contribution >= 4 is 27.7 Å². The van der Waals surface area contributed by atoms with Gasteiger partial charge in [0.25, 0.3) is 11.5 Å². The second kappa shape index (κ2) is 6.41. The predicted molar refractivity (Wildman–Crippen MR) is 95.5 cm³/mol. The molecule has 2 heterocycles. The van der Waals surface area contributed by atoms with Crippen molar-refractivity contribution in [3.63, 3.8) is 0 Å². The third-order valence-electron chi connectivity index (χ3n) is 3.98. The summed E-state index contributed by atoms with van der Waals surface area (Å²) >= 11 is 0. The fourth-order valence-corrected chi connectivity index (χ4v) is 2.67. The van der Waals surface area contributed by atoms with Crippen LogP contribution in [0.5, 0.6) is 0 Å². The third kappa shape index (κ3) is 3.00. The number of H-pyrrole nitrogens is 1. The molecule has 1 amide bonds. The number of benzene rings is 1. The number of hydrogen-bond acceptors (Lipinski definition) is 4. The minimum atomic E-state index is -0.245. The van der Waals surface area contributed by atoms with Gasteiger partial charge in [0.15, 0.2) is 0 Å². The number of fused-ring (bicyclic) bond motifs is 2. The number of carbonyl (C=O) groups is 1. The average Bonchev–Trinajstić information content (AvgIpc) is 2.54. The summed E-state index contributed by atoms with van der Waals surface area (Å²) in [5.41, 5.74) is 2.38. The summed E-state index contributed by atoms with van der Waals surface area (Å²) < 4.78 is 0. The quantitative estimate of drug-likeness (QED) is 0.716. The Balaban J connectivity index is 2.11. The van der Waals surface area contributed by atoms with Crippen molar-refractivity contribution in [2.75, 3.05) is 27.2 Å². The molecule has 2 aromatic heterocycles. The predicted octanol–water partition coefficient (Wildman–Crippen LogP) is 1.68. The summed E-state index contributed by atoms with van der Waals surface area (Å²) in [5.74, 6) is -0.237. The smallest absolute Gasteiger partial charge is 0.257 e. The highest BCUT2D eigenvalue weighted by Crippen LogP contribution is 2.21. The van der Waals surface area contributed by atoms with Crippen LogP contribution in [0.3, 0.4) is 0 Å². The Morgan fingerprint density at radius 1 is 1.29 bits per heavy atom. The van der Waals surface area contributed by atoms with Crippen LogP contribution in [0.2, 0.25) is 0 Å². The fraction of sp³-hybridized carbons (Fsp3) is 0.278. The summed E-state index contributed by atoms with van der Waals surface area (Å²) in [5, 5.41) is 4.17. The molecule has 6 nitrogen and oxygen atoms in total. The zero-order valence-electron chi connectivity index (χ0n) is 14.0. The Kier molecular flexibility index (Phi) is 4.31. The van der Waals surface area contributed by atoms with Gasteiger partial charge in [-0.3, -0.25) is 9.59 Å². The van der Waals surface area contributed by atoms with Crippen LogP contribution in [0.1, 0.15) is 15.9 Å². The molecular weight excluding hydrogens is 304 g/mol. The number of carbonyl (C=O) groups excluding carboxylic acids is 1. The van der Waals surface area contributed by atoms with E-state index in [4.69, 9.17) is 0 Å². The monoisotopic (exact) mass is 324 g/mol. The number of nitrogens with zero attached hydrogens (tertiary/aromatic N) is 2. The molecule has 0 spiro atoms. The van der Waals surface area contributed by atoms with Crippen LogP contribution >= 0.6 is 0 Å². The van der Waals surface area contributed by atoms with Crippen molar-refractivity contribution in [2.24, 2.45) is 0 Å². The zero-order chi connectivity index (χ0) is 17.3. The van der Waals surface area contributed by atoms with Gasteiger partial charge in [-0.2, -0.15) is 0 Å². The molecule has 0 aliphatic rings. The minimum Gasteiger partial charge on any atom is -0.351 e. The normalized spacial score (nSPS) is 11.3. The summed E-state index contributed by atoms with van der Waals surface area (Å²) in [7, 11) is 3.88. The molecule has 0 saturated heterocycles. The van der Waals surface area contributed by atoms with Gasteiger partial charge in [-0.05, 0) is 32.6 Å². The molecule has 0 fully saturated rings. The second-order valence-electron chi connectivity index (χ2n) is 6.12. The van der Waals surface area contributed by atoms with Crippen molar-refractivity contribution in [3.8, 4) is 0 Å². The van der Waals surface area contributed by atoms with Crippen LogP contribution in [0.4, 0.5) is 0 Å². The van der Waals surface area contributed by atoms with Crippen LogP contribution in [-0.2, 0) is 0 Å². The van der Waals surface area contributed by atoms with Crippen LogP contribution in [-0.4, -0.2) is 48.0 Å². The lowest BCUT2D eigenvalue weighted by atomic mass is 10.1. The molecule has 0 aliphatic heterocycles. The molecule has 3 aromatic rings. The lowest BCUT2D eigenvalue weighted by molar-refractivity contribution is 0.0952. The van der Waals surface area contributed by atoms with E-state index in [0.29, 0.717) is 23.0 Å². The third-order valence-corrected chi connectivity index (χ3v) is 3.98. The molecule has 124 valence electrons. The van der Waals surface area contributed by atoms with Gasteiger partial charge in [-0.25, -0.2) is 4.98 Å². The maximum absolute atomic E-state index is 12.5. The lowest BCUT2D eigenvalue weighted by Gasteiger charge is -2.11. The maximum atomic E-state index is 12.5. The van der Waals surface area contributed by atoms with Gasteiger partial charge in [-0.15, -0.1) is 0 Å². The topological polar surface area (TPSA) is 78.1 Å². The molecule has 0 unspecified atom stereocenters. The Morgan fingerprint density at radius 3 is 2.83 bits per heavy atom. The number of aromatic amines is 1. The molecule has 3 rings (SSSR count). The Hall–Kier alpha value is -2.73. The van der Waals surface area contributed by atoms with Crippen LogP contribution in [0.15, 0.2) is 35.3 Å². The second-order valence-corrected chi connectivity index (χ2v) is 6.12. The first-order chi connectivity index (χ1) is 11.5. The maximum Gasteiger partial charge on any atom is 0.257 e. The van der Waals surface area contributed by atoms with Gasteiger partial charge in [-0.1, -0.05) is 18.2 Å². The van der Waals surface area contributed by atoms with E-state index < -0.39 is 0 Å². The molecule has 24 heavy (non-hydrogen) atoms. The van der Waals surface area contributed by atoms with E-state index in [-0.39, 0.29) is 11.5 Å². The number of amides is 1. The van der Waals surface area contributed by atoms with E-state index in [2.05, 4.69) is 15.3 Å². The van der Waals surface area contributed by atoms with Gasteiger partial charge in [0.1, 0.15) is 0 Å². The van der Waals surface area contributed by atoms with Gasteiger partial charge in [0.2, 0.25) is 0 Å². The molecule has 6 heteroatoms.